The number of carbonyl (C=O) groups is 1. The van der Waals surface area contributed by atoms with Gasteiger partial charge in [0.25, 0.3) is 5.91 Å². The van der Waals surface area contributed by atoms with E-state index in [-0.39, 0.29) is 18.0 Å². The first-order chi connectivity index (χ1) is 8.11. The van der Waals surface area contributed by atoms with E-state index in [0.29, 0.717) is 5.84 Å². The van der Waals surface area contributed by atoms with Crippen molar-refractivity contribution in [1.82, 2.24) is 10.6 Å². The second kappa shape index (κ2) is 4.61. The van der Waals surface area contributed by atoms with Crippen LogP contribution in [0.1, 0.15) is 20.3 Å². The van der Waals surface area contributed by atoms with Gasteiger partial charge in [0, 0.05) is 6.04 Å². The van der Waals surface area contributed by atoms with Gasteiger partial charge in [0.05, 0.1) is 13.2 Å². The average molecular weight is 235 g/mol. The molecule has 0 aromatic carbocycles. The lowest BCUT2D eigenvalue weighted by atomic mass is 10.1. The van der Waals surface area contributed by atoms with Crippen LogP contribution in [0.2, 0.25) is 0 Å². The number of nitrogens with zero attached hydrogens (tertiary/aromatic N) is 1. The molecule has 0 saturated heterocycles. The Morgan fingerprint density at radius 3 is 3.06 bits per heavy atom. The van der Waals surface area contributed by atoms with E-state index in [1.807, 2.05) is 26.0 Å². The number of methoxy groups -OCH3 is 1. The number of amides is 1. The predicted octanol–water partition coefficient (Wildman–Crippen LogP) is 0.699. The molecule has 2 N–H and O–H groups in total. The molecule has 2 aliphatic rings. The molecule has 0 bridgehead atoms. The Labute approximate surface area is 101 Å². The highest BCUT2D eigenvalue weighted by Gasteiger charge is 2.30. The van der Waals surface area contributed by atoms with Gasteiger partial charge in [-0.2, -0.15) is 0 Å². The summed E-state index contributed by atoms with van der Waals surface area (Å²) in [5, 5.41) is 5.92. The van der Waals surface area contributed by atoms with Gasteiger partial charge >= 0.3 is 0 Å². The Bertz CT molecular complexity index is 421. The number of ether oxygens (including phenoxy) is 1. The number of nitrogens with one attached hydrogen (secondary N) is 2. The van der Waals surface area contributed by atoms with Gasteiger partial charge in [-0.25, -0.2) is 4.99 Å². The summed E-state index contributed by atoms with van der Waals surface area (Å²) in [6, 6.07) is 0.159. The van der Waals surface area contributed by atoms with Crippen LogP contribution in [0.4, 0.5) is 0 Å². The predicted molar refractivity (Wildman–Crippen MR) is 65.4 cm³/mol. The van der Waals surface area contributed by atoms with Crippen LogP contribution in [0.3, 0.4) is 0 Å². The lowest BCUT2D eigenvalue weighted by molar-refractivity contribution is -0.115. The van der Waals surface area contributed by atoms with Gasteiger partial charge in [-0.3, -0.25) is 4.79 Å². The zero-order valence-corrected chi connectivity index (χ0v) is 10.3. The highest BCUT2D eigenvalue weighted by Crippen LogP contribution is 2.24. The maximum Gasteiger partial charge on any atom is 0.286 e. The van der Waals surface area contributed by atoms with Gasteiger partial charge in [0.1, 0.15) is 11.5 Å². The molecule has 5 nitrogen and oxygen atoms in total. The maximum atomic E-state index is 11.8. The van der Waals surface area contributed by atoms with Crippen molar-refractivity contribution < 1.29 is 9.53 Å². The monoisotopic (exact) mass is 235 g/mol. The van der Waals surface area contributed by atoms with Gasteiger partial charge in [0.2, 0.25) is 0 Å². The standard InChI is InChI=1S/C12H17N3O2/c1-7(2)13-12(16)11-14-8-5-4-6-9(17-3)10(8)15-11/h4,6-8H,5H2,1-3H3,(H,13,16)(H,14,15). The summed E-state index contributed by atoms with van der Waals surface area (Å²) in [5.41, 5.74) is 0.809. The molecule has 1 unspecified atom stereocenters. The van der Waals surface area contributed by atoms with E-state index >= 15 is 0 Å². The Kier molecular flexibility index (Phi) is 3.17. The first-order valence-corrected chi connectivity index (χ1v) is 5.72. The van der Waals surface area contributed by atoms with Crippen LogP contribution >= 0.6 is 0 Å². The minimum atomic E-state index is -0.169. The molecule has 1 atom stereocenters. The fraction of sp³-hybridized carbons (Fsp3) is 0.500. The number of fused-ring (bicyclic) bond motifs is 1. The zero-order chi connectivity index (χ0) is 12.4. The molecule has 1 heterocycles. The van der Waals surface area contributed by atoms with Crippen LogP contribution in [0, 0.1) is 0 Å². The Morgan fingerprint density at radius 1 is 1.65 bits per heavy atom. The first-order valence-electron chi connectivity index (χ1n) is 5.72. The summed E-state index contributed by atoms with van der Waals surface area (Å²) in [6.07, 6.45) is 4.73. The molecular formula is C12H17N3O2. The van der Waals surface area contributed by atoms with Crippen LogP contribution < -0.4 is 10.6 Å². The van der Waals surface area contributed by atoms with E-state index in [2.05, 4.69) is 15.6 Å². The fourth-order valence-corrected chi connectivity index (χ4v) is 1.88. The van der Waals surface area contributed by atoms with Crippen molar-refractivity contribution in [1.29, 1.82) is 0 Å². The largest absolute Gasteiger partial charge is 0.495 e. The first kappa shape index (κ1) is 11.7. The molecular weight excluding hydrogens is 218 g/mol. The summed E-state index contributed by atoms with van der Waals surface area (Å²) in [6.45, 7) is 3.84. The average Bonchev–Trinajstić information content (AvgIpc) is 2.71. The van der Waals surface area contributed by atoms with Crippen molar-refractivity contribution in [3.05, 3.63) is 23.6 Å². The Hall–Kier alpha value is -1.78. The van der Waals surface area contributed by atoms with Gasteiger partial charge in [-0.1, -0.05) is 6.08 Å². The number of rotatable bonds is 3. The fourth-order valence-electron chi connectivity index (χ4n) is 1.88. The molecule has 5 heteroatoms. The number of amidine groups is 1. The molecule has 2 rings (SSSR count). The minimum absolute atomic E-state index is 0.0582. The third kappa shape index (κ3) is 2.33. The molecule has 0 spiro atoms. The molecule has 0 radical (unpaired) electrons. The summed E-state index contributed by atoms with van der Waals surface area (Å²) in [5.74, 6) is 0.926. The summed E-state index contributed by atoms with van der Waals surface area (Å²) in [7, 11) is 1.61. The van der Waals surface area contributed by atoms with Crippen molar-refractivity contribution in [2.75, 3.05) is 7.11 Å². The second-order valence-corrected chi connectivity index (χ2v) is 4.38. The van der Waals surface area contributed by atoms with E-state index in [1.165, 1.54) is 0 Å². The Balaban J connectivity index is 2.19. The van der Waals surface area contributed by atoms with Crippen molar-refractivity contribution in [3.63, 3.8) is 0 Å². The van der Waals surface area contributed by atoms with E-state index < -0.39 is 0 Å². The van der Waals surface area contributed by atoms with Crippen molar-refractivity contribution in [2.45, 2.75) is 32.4 Å². The smallest absolute Gasteiger partial charge is 0.286 e. The van der Waals surface area contributed by atoms with Gasteiger partial charge in [0.15, 0.2) is 5.84 Å². The van der Waals surface area contributed by atoms with Crippen molar-refractivity contribution in [3.8, 4) is 0 Å². The van der Waals surface area contributed by atoms with Crippen LogP contribution in [-0.4, -0.2) is 30.9 Å². The molecule has 92 valence electrons. The number of hydrogen-bond donors (Lipinski definition) is 2. The second-order valence-electron chi connectivity index (χ2n) is 4.38. The van der Waals surface area contributed by atoms with Crippen molar-refractivity contribution in [2.24, 2.45) is 4.99 Å². The quantitative estimate of drug-likeness (QED) is 0.757. The lowest BCUT2D eigenvalue weighted by Crippen LogP contribution is -2.43. The highest BCUT2D eigenvalue weighted by atomic mass is 16.5. The number of carbonyl (C=O) groups excluding carboxylic acids is 1. The van der Waals surface area contributed by atoms with Gasteiger partial charge in [-0.05, 0) is 26.3 Å². The summed E-state index contributed by atoms with van der Waals surface area (Å²) < 4.78 is 5.23. The SMILES string of the molecule is COC1=C2N=C(C(=O)NC(C)C)NC2CC=C1. The molecule has 0 saturated carbocycles. The molecule has 0 fully saturated rings. The molecule has 17 heavy (non-hydrogen) atoms. The minimum Gasteiger partial charge on any atom is -0.495 e. The third-order valence-corrected chi connectivity index (χ3v) is 2.62. The number of aliphatic imine (C=N–C) groups is 1. The van der Waals surface area contributed by atoms with Crippen LogP contribution in [-0.2, 0) is 9.53 Å². The molecule has 0 aromatic heterocycles. The van der Waals surface area contributed by atoms with Gasteiger partial charge < -0.3 is 15.4 Å². The highest BCUT2D eigenvalue weighted by molar-refractivity contribution is 6.38. The van der Waals surface area contributed by atoms with Crippen LogP contribution in [0.25, 0.3) is 0 Å². The van der Waals surface area contributed by atoms with E-state index in [1.54, 1.807) is 7.11 Å². The number of hydrogen-bond acceptors (Lipinski definition) is 4. The number of allylic oxidation sites excluding steroid dienone is 1. The van der Waals surface area contributed by atoms with E-state index in [0.717, 1.165) is 17.9 Å². The zero-order valence-electron chi connectivity index (χ0n) is 10.3. The summed E-state index contributed by atoms with van der Waals surface area (Å²) >= 11 is 0. The molecule has 1 amide bonds. The third-order valence-electron chi connectivity index (χ3n) is 2.62. The van der Waals surface area contributed by atoms with Crippen LogP contribution in [0.15, 0.2) is 28.6 Å². The maximum absolute atomic E-state index is 11.8. The summed E-state index contributed by atoms with van der Waals surface area (Å²) in [4.78, 5) is 16.1. The Morgan fingerprint density at radius 2 is 2.41 bits per heavy atom. The van der Waals surface area contributed by atoms with E-state index in [4.69, 9.17) is 4.74 Å². The lowest BCUT2D eigenvalue weighted by Gasteiger charge is -2.16. The molecule has 0 aromatic rings. The van der Waals surface area contributed by atoms with Crippen LogP contribution in [0.5, 0.6) is 0 Å². The van der Waals surface area contributed by atoms with Gasteiger partial charge in [-0.15, -0.1) is 0 Å². The molecule has 1 aliphatic carbocycles. The molecule has 1 aliphatic heterocycles. The van der Waals surface area contributed by atoms with E-state index in [9.17, 15) is 4.79 Å². The topological polar surface area (TPSA) is 62.7 Å². The van der Waals surface area contributed by atoms with Crippen molar-refractivity contribution >= 4 is 11.7 Å². The normalized spacial score (nSPS) is 22.1.